The summed E-state index contributed by atoms with van der Waals surface area (Å²) in [5.41, 5.74) is 3.21. The van der Waals surface area contributed by atoms with Crippen molar-refractivity contribution in [3.63, 3.8) is 0 Å². The maximum Gasteiger partial charge on any atom is 0.146 e. The molecule has 0 saturated heterocycles. The van der Waals surface area contributed by atoms with Crippen LogP contribution in [0.2, 0.25) is 0 Å². The van der Waals surface area contributed by atoms with Crippen LogP contribution >= 0.6 is 0 Å². The highest BCUT2D eigenvalue weighted by molar-refractivity contribution is 5.91. The highest BCUT2D eigenvalue weighted by atomic mass is 16.1. The van der Waals surface area contributed by atoms with Crippen LogP contribution < -0.4 is 5.32 Å². The second-order valence-corrected chi connectivity index (χ2v) is 4.87. The van der Waals surface area contributed by atoms with E-state index < -0.39 is 0 Å². The maximum atomic E-state index is 12.4. The molecule has 0 bridgehead atoms. The molecular weight excluding hydrogens is 238 g/mol. The molecule has 0 aliphatic carbocycles. The van der Waals surface area contributed by atoms with E-state index in [9.17, 15) is 4.79 Å². The van der Waals surface area contributed by atoms with Gasteiger partial charge in [-0.25, -0.2) is 0 Å². The molecule has 98 valence electrons. The van der Waals surface area contributed by atoms with Gasteiger partial charge in [0, 0.05) is 31.4 Å². The average Bonchev–Trinajstić information content (AvgIpc) is 3.04. The van der Waals surface area contributed by atoms with E-state index in [1.807, 2.05) is 42.1 Å². The molecule has 0 fully saturated rings. The molecule has 19 heavy (non-hydrogen) atoms. The Hall–Kier alpha value is -2.10. The summed E-state index contributed by atoms with van der Waals surface area (Å²) < 4.78 is 1.85. The number of aromatic nitrogens is 2. The number of anilines is 1. The molecule has 1 aromatic carbocycles. The van der Waals surface area contributed by atoms with Gasteiger partial charge in [0.05, 0.1) is 12.1 Å². The van der Waals surface area contributed by atoms with Gasteiger partial charge in [0.15, 0.2) is 0 Å². The lowest BCUT2D eigenvalue weighted by molar-refractivity contribution is -0.119. The zero-order chi connectivity index (χ0) is 13.2. The van der Waals surface area contributed by atoms with Gasteiger partial charge in [-0.1, -0.05) is 18.2 Å². The Labute approximate surface area is 112 Å². The van der Waals surface area contributed by atoms with Crippen molar-refractivity contribution in [2.45, 2.75) is 25.8 Å². The normalized spacial score (nSPS) is 17.0. The second-order valence-electron chi connectivity index (χ2n) is 4.87. The first-order valence-electron chi connectivity index (χ1n) is 6.64. The molecule has 1 unspecified atom stereocenters. The molecule has 1 aliphatic heterocycles. The number of Topliss-reactive ketones (excluding diaryl/α,β-unsaturated/α-hetero) is 1. The molecule has 1 atom stereocenters. The molecular formula is C15H17N3O. The van der Waals surface area contributed by atoms with Crippen LogP contribution in [0.3, 0.4) is 0 Å². The number of nitrogens with one attached hydrogen (secondary N) is 1. The van der Waals surface area contributed by atoms with Crippen molar-refractivity contribution in [2.24, 2.45) is 0 Å². The lowest BCUT2D eigenvalue weighted by Crippen LogP contribution is -2.16. The van der Waals surface area contributed by atoms with Gasteiger partial charge in [0.1, 0.15) is 5.78 Å². The minimum atomic E-state index is -0.0267. The number of nitrogens with zero attached hydrogens (tertiary/aromatic N) is 2. The summed E-state index contributed by atoms with van der Waals surface area (Å²) in [6.45, 7) is 3.58. The summed E-state index contributed by atoms with van der Waals surface area (Å²) in [5.74, 6) is 0.231. The molecule has 4 nitrogen and oxygen atoms in total. The third-order valence-electron chi connectivity index (χ3n) is 3.61. The van der Waals surface area contributed by atoms with Gasteiger partial charge in [0.25, 0.3) is 0 Å². The van der Waals surface area contributed by atoms with E-state index in [0.717, 1.165) is 23.4 Å². The summed E-state index contributed by atoms with van der Waals surface area (Å²) >= 11 is 0. The minimum Gasteiger partial charge on any atom is -0.384 e. The number of hydrogen-bond acceptors (Lipinski definition) is 3. The maximum absolute atomic E-state index is 12.4. The molecule has 4 heteroatoms. The second kappa shape index (κ2) is 4.88. The van der Waals surface area contributed by atoms with Crippen molar-refractivity contribution in [3.05, 3.63) is 47.8 Å². The van der Waals surface area contributed by atoms with Crippen LogP contribution in [0.25, 0.3) is 0 Å². The number of ketones is 1. The van der Waals surface area contributed by atoms with Crippen LogP contribution in [-0.2, 0) is 17.8 Å². The van der Waals surface area contributed by atoms with Gasteiger partial charge in [0.2, 0.25) is 0 Å². The Bertz CT molecular complexity index is 603. The summed E-state index contributed by atoms with van der Waals surface area (Å²) in [6.07, 6.45) is 4.20. The van der Waals surface area contributed by atoms with Gasteiger partial charge in [-0.15, -0.1) is 0 Å². The fourth-order valence-electron chi connectivity index (χ4n) is 2.57. The lowest BCUT2D eigenvalue weighted by atomic mass is 9.93. The smallest absolute Gasteiger partial charge is 0.146 e. The van der Waals surface area contributed by atoms with E-state index >= 15 is 0 Å². The quantitative estimate of drug-likeness (QED) is 0.911. The third-order valence-corrected chi connectivity index (χ3v) is 3.61. The Morgan fingerprint density at radius 1 is 1.47 bits per heavy atom. The van der Waals surface area contributed by atoms with Gasteiger partial charge in [-0.2, -0.15) is 5.10 Å². The SMILES string of the molecule is CCn1cc(CC(=O)C2CNc3ccccc32)cn1. The largest absolute Gasteiger partial charge is 0.384 e. The summed E-state index contributed by atoms with van der Waals surface area (Å²) in [7, 11) is 0. The number of para-hydroxylation sites is 1. The van der Waals surface area contributed by atoms with E-state index in [-0.39, 0.29) is 11.7 Å². The van der Waals surface area contributed by atoms with Crippen molar-refractivity contribution in [1.82, 2.24) is 9.78 Å². The molecule has 0 radical (unpaired) electrons. The predicted molar refractivity (Wildman–Crippen MR) is 74.3 cm³/mol. The molecule has 1 aromatic heterocycles. The van der Waals surface area contributed by atoms with Crippen LogP contribution in [0.15, 0.2) is 36.7 Å². The molecule has 0 amide bonds. The molecule has 1 N–H and O–H groups in total. The molecule has 1 aliphatic rings. The number of carbonyl (C=O) groups is 1. The van der Waals surface area contributed by atoms with Gasteiger partial charge in [-0.05, 0) is 24.1 Å². The first kappa shape index (κ1) is 12.0. The number of hydrogen-bond donors (Lipinski definition) is 1. The van der Waals surface area contributed by atoms with Crippen molar-refractivity contribution in [1.29, 1.82) is 0 Å². The Kier molecular flexibility index (Phi) is 3.07. The van der Waals surface area contributed by atoms with Crippen LogP contribution in [0, 0.1) is 0 Å². The highest BCUT2D eigenvalue weighted by Crippen LogP contribution is 2.32. The van der Waals surface area contributed by atoms with Crippen LogP contribution in [0.1, 0.15) is 24.0 Å². The van der Waals surface area contributed by atoms with Crippen molar-refractivity contribution in [3.8, 4) is 0 Å². The Morgan fingerprint density at radius 2 is 2.32 bits per heavy atom. The number of aryl methyl sites for hydroxylation is 1. The van der Waals surface area contributed by atoms with Crippen LogP contribution in [0.4, 0.5) is 5.69 Å². The number of benzene rings is 1. The van der Waals surface area contributed by atoms with Gasteiger partial charge < -0.3 is 5.32 Å². The Balaban J connectivity index is 1.75. The van der Waals surface area contributed by atoms with E-state index in [4.69, 9.17) is 0 Å². The predicted octanol–water partition coefficient (Wildman–Crippen LogP) is 2.22. The monoisotopic (exact) mass is 255 g/mol. The highest BCUT2D eigenvalue weighted by Gasteiger charge is 2.27. The van der Waals surface area contributed by atoms with Crippen molar-refractivity contribution in [2.75, 3.05) is 11.9 Å². The third kappa shape index (κ3) is 2.26. The fourth-order valence-corrected chi connectivity index (χ4v) is 2.57. The summed E-state index contributed by atoms with van der Waals surface area (Å²) in [6, 6.07) is 8.04. The summed E-state index contributed by atoms with van der Waals surface area (Å²) in [5, 5.41) is 7.50. The topological polar surface area (TPSA) is 46.9 Å². The average molecular weight is 255 g/mol. The molecule has 3 rings (SSSR count). The van der Waals surface area contributed by atoms with E-state index in [1.165, 1.54) is 0 Å². The molecule has 0 saturated carbocycles. The minimum absolute atomic E-state index is 0.0267. The molecule has 2 heterocycles. The fraction of sp³-hybridized carbons (Fsp3) is 0.333. The van der Waals surface area contributed by atoms with E-state index in [1.54, 1.807) is 6.20 Å². The zero-order valence-corrected chi connectivity index (χ0v) is 11.0. The van der Waals surface area contributed by atoms with Crippen LogP contribution in [0.5, 0.6) is 0 Å². The number of fused-ring (bicyclic) bond motifs is 1. The standard InChI is InChI=1S/C15H17N3O/c1-2-18-10-11(8-17-18)7-15(19)13-9-16-14-6-4-3-5-12(13)14/h3-6,8,10,13,16H,2,7,9H2,1H3. The molecule has 0 spiro atoms. The zero-order valence-electron chi connectivity index (χ0n) is 11.0. The van der Waals surface area contributed by atoms with Crippen LogP contribution in [-0.4, -0.2) is 22.1 Å². The van der Waals surface area contributed by atoms with E-state index in [0.29, 0.717) is 13.0 Å². The van der Waals surface area contributed by atoms with Crippen molar-refractivity contribution >= 4 is 11.5 Å². The van der Waals surface area contributed by atoms with Gasteiger partial charge in [-0.3, -0.25) is 9.48 Å². The van der Waals surface area contributed by atoms with E-state index in [2.05, 4.69) is 10.4 Å². The summed E-state index contributed by atoms with van der Waals surface area (Å²) in [4.78, 5) is 12.4. The molecule has 2 aromatic rings. The number of rotatable bonds is 4. The Morgan fingerprint density at radius 3 is 3.11 bits per heavy atom. The first-order chi connectivity index (χ1) is 9.28. The first-order valence-corrected chi connectivity index (χ1v) is 6.64. The van der Waals surface area contributed by atoms with Gasteiger partial charge >= 0.3 is 0 Å². The lowest BCUT2D eigenvalue weighted by Gasteiger charge is -2.07. The van der Waals surface area contributed by atoms with Crippen molar-refractivity contribution < 1.29 is 4.79 Å². The number of carbonyl (C=O) groups excluding carboxylic acids is 1.